The van der Waals surface area contributed by atoms with Crippen LogP contribution in [0.4, 0.5) is 0 Å². The third kappa shape index (κ3) is 6.11. The second kappa shape index (κ2) is 11.0. The molecular formula is C23H35N. The smallest absolute Gasteiger partial charge is 0.0299 e. The molecule has 1 aromatic carbocycles. The Labute approximate surface area is 149 Å². The van der Waals surface area contributed by atoms with Crippen LogP contribution < -0.4 is 0 Å². The first-order chi connectivity index (χ1) is 11.5. The minimum Gasteiger partial charge on any atom is -0.269 e. The Kier molecular flexibility index (Phi) is 9.37. The molecule has 0 saturated heterocycles. The minimum atomic E-state index is 0.485. The van der Waals surface area contributed by atoms with Gasteiger partial charge in [-0.15, -0.1) is 0 Å². The molecule has 0 bridgehead atoms. The lowest BCUT2D eigenvalue weighted by molar-refractivity contribution is 0.481. The average Bonchev–Trinajstić information content (AvgIpc) is 2.59. The quantitative estimate of drug-likeness (QED) is 0.314. The third-order valence-corrected chi connectivity index (χ3v) is 4.75. The van der Waals surface area contributed by atoms with Crippen molar-refractivity contribution in [2.24, 2.45) is 10.9 Å². The summed E-state index contributed by atoms with van der Waals surface area (Å²) in [6, 6.07) is 8.73. The van der Waals surface area contributed by atoms with Crippen molar-refractivity contribution in [3.8, 4) is 0 Å². The van der Waals surface area contributed by atoms with Gasteiger partial charge in [-0.05, 0) is 61.6 Å². The van der Waals surface area contributed by atoms with Crippen molar-refractivity contribution in [3.63, 3.8) is 0 Å². The highest BCUT2D eigenvalue weighted by Crippen LogP contribution is 2.33. The Morgan fingerprint density at radius 3 is 2.38 bits per heavy atom. The molecule has 0 amide bonds. The predicted molar refractivity (Wildman–Crippen MR) is 110 cm³/mol. The van der Waals surface area contributed by atoms with E-state index in [1.54, 1.807) is 0 Å². The lowest BCUT2D eigenvalue weighted by Crippen LogP contribution is -2.07. The number of allylic oxidation sites excluding steroid dienone is 2. The lowest BCUT2D eigenvalue weighted by Gasteiger charge is -2.23. The minimum absolute atomic E-state index is 0.485. The summed E-state index contributed by atoms with van der Waals surface area (Å²) in [5.74, 6) is 1.16. The first-order valence-electron chi connectivity index (χ1n) is 9.46. The standard InChI is InChI=1S/C23H35N/c1-7-12-21(13-8-2)18(4)16-19(5)22-14-10-11-15-23(22)20(6)17-24-9-3/h9-11,14-15,17,19,21H,4,7-8,12-13,16H2,1-3,5-6H3/b20-17+,24-9?. The van der Waals surface area contributed by atoms with Crippen molar-refractivity contribution >= 4 is 11.8 Å². The largest absolute Gasteiger partial charge is 0.269 e. The van der Waals surface area contributed by atoms with Gasteiger partial charge < -0.3 is 0 Å². The number of hydrogen-bond donors (Lipinski definition) is 0. The van der Waals surface area contributed by atoms with Gasteiger partial charge in [0.2, 0.25) is 0 Å². The fraction of sp³-hybridized carbons (Fsp3) is 0.522. The van der Waals surface area contributed by atoms with E-state index in [0.717, 1.165) is 6.42 Å². The van der Waals surface area contributed by atoms with E-state index in [-0.39, 0.29) is 0 Å². The van der Waals surface area contributed by atoms with Crippen LogP contribution in [-0.4, -0.2) is 6.21 Å². The molecular weight excluding hydrogens is 290 g/mol. The molecule has 0 N–H and O–H groups in total. The fourth-order valence-electron chi connectivity index (χ4n) is 3.46. The first kappa shape index (κ1) is 20.4. The second-order valence-electron chi connectivity index (χ2n) is 6.84. The highest BCUT2D eigenvalue weighted by atomic mass is 14.7. The Bertz CT molecular complexity index is 559. The molecule has 24 heavy (non-hydrogen) atoms. The molecule has 1 atom stereocenters. The number of benzene rings is 1. The van der Waals surface area contributed by atoms with E-state index in [1.165, 1.54) is 48.0 Å². The van der Waals surface area contributed by atoms with Gasteiger partial charge in [0.25, 0.3) is 0 Å². The van der Waals surface area contributed by atoms with E-state index < -0.39 is 0 Å². The molecule has 0 spiro atoms. The summed E-state index contributed by atoms with van der Waals surface area (Å²) in [5, 5.41) is 0. The molecule has 0 aromatic heterocycles. The summed E-state index contributed by atoms with van der Waals surface area (Å²) in [7, 11) is 0. The summed E-state index contributed by atoms with van der Waals surface area (Å²) < 4.78 is 0. The van der Waals surface area contributed by atoms with Crippen LogP contribution in [0.15, 0.2) is 47.6 Å². The van der Waals surface area contributed by atoms with E-state index in [2.05, 4.69) is 63.5 Å². The number of rotatable bonds is 10. The van der Waals surface area contributed by atoms with E-state index >= 15 is 0 Å². The maximum Gasteiger partial charge on any atom is 0.0299 e. The zero-order chi connectivity index (χ0) is 17.9. The molecule has 0 heterocycles. The highest BCUT2D eigenvalue weighted by molar-refractivity contribution is 5.68. The van der Waals surface area contributed by atoms with E-state index in [0.29, 0.717) is 11.8 Å². The number of nitrogens with zero attached hydrogens (tertiary/aromatic N) is 1. The molecule has 132 valence electrons. The molecule has 1 nitrogen and oxygen atoms in total. The van der Waals surface area contributed by atoms with Crippen LogP contribution in [0.2, 0.25) is 0 Å². The van der Waals surface area contributed by atoms with Crippen LogP contribution in [0.25, 0.3) is 5.57 Å². The van der Waals surface area contributed by atoms with Gasteiger partial charge in [0, 0.05) is 12.4 Å². The SMILES string of the molecule is C=C(CC(C)c1ccccc1/C(C)=C/N=CC)C(CCC)CCC. The Balaban J connectivity index is 2.95. The van der Waals surface area contributed by atoms with Crippen LogP contribution in [0, 0.1) is 5.92 Å². The van der Waals surface area contributed by atoms with Crippen molar-refractivity contribution in [1.29, 1.82) is 0 Å². The Morgan fingerprint density at radius 2 is 1.79 bits per heavy atom. The van der Waals surface area contributed by atoms with Gasteiger partial charge in [-0.2, -0.15) is 0 Å². The number of hydrogen-bond acceptors (Lipinski definition) is 1. The van der Waals surface area contributed by atoms with Crippen molar-refractivity contribution in [2.45, 2.75) is 72.6 Å². The zero-order valence-corrected chi connectivity index (χ0v) is 16.3. The van der Waals surface area contributed by atoms with Crippen molar-refractivity contribution < 1.29 is 0 Å². The van der Waals surface area contributed by atoms with E-state index in [9.17, 15) is 0 Å². The molecule has 0 radical (unpaired) electrons. The summed E-state index contributed by atoms with van der Waals surface area (Å²) in [5.41, 5.74) is 5.37. The predicted octanol–water partition coefficient (Wildman–Crippen LogP) is 7.40. The molecule has 0 fully saturated rings. The maximum atomic E-state index is 4.44. The lowest BCUT2D eigenvalue weighted by atomic mass is 9.82. The van der Waals surface area contributed by atoms with Crippen molar-refractivity contribution in [1.82, 2.24) is 0 Å². The average molecular weight is 326 g/mol. The summed E-state index contributed by atoms with van der Waals surface area (Å²) in [6.45, 7) is 15.4. The molecule has 0 saturated carbocycles. The van der Waals surface area contributed by atoms with Gasteiger partial charge in [0.05, 0.1) is 0 Å². The van der Waals surface area contributed by atoms with Crippen LogP contribution in [0.1, 0.15) is 83.8 Å². The van der Waals surface area contributed by atoms with Gasteiger partial charge in [0.15, 0.2) is 0 Å². The molecule has 1 rings (SSSR count). The van der Waals surface area contributed by atoms with E-state index in [4.69, 9.17) is 0 Å². The van der Waals surface area contributed by atoms with Crippen molar-refractivity contribution in [3.05, 3.63) is 53.7 Å². The van der Waals surface area contributed by atoms with Crippen LogP contribution in [-0.2, 0) is 0 Å². The van der Waals surface area contributed by atoms with Gasteiger partial charge in [-0.3, -0.25) is 4.99 Å². The Morgan fingerprint density at radius 1 is 1.17 bits per heavy atom. The topological polar surface area (TPSA) is 12.4 Å². The highest BCUT2D eigenvalue weighted by Gasteiger charge is 2.17. The normalized spacial score (nSPS) is 13.7. The molecule has 0 aliphatic carbocycles. The maximum absolute atomic E-state index is 4.44. The van der Waals surface area contributed by atoms with Gasteiger partial charge in [0.1, 0.15) is 0 Å². The van der Waals surface area contributed by atoms with Crippen LogP contribution >= 0.6 is 0 Å². The molecule has 1 unspecified atom stereocenters. The molecule has 1 heteroatoms. The van der Waals surface area contributed by atoms with Gasteiger partial charge >= 0.3 is 0 Å². The summed E-state index contributed by atoms with van der Waals surface area (Å²) in [6.07, 6.45) is 9.88. The van der Waals surface area contributed by atoms with Crippen LogP contribution in [0.3, 0.4) is 0 Å². The molecule has 0 aliphatic rings. The van der Waals surface area contributed by atoms with E-state index in [1.807, 2.05) is 19.3 Å². The number of aliphatic imine (C=N–C) groups is 1. The summed E-state index contributed by atoms with van der Waals surface area (Å²) in [4.78, 5) is 4.28. The van der Waals surface area contributed by atoms with Crippen molar-refractivity contribution in [2.75, 3.05) is 0 Å². The monoisotopic (exact) mass is 325 g/mol. The van der Waals surface area contributed by atoms with Crippen LogP contribution in [0.5, 0.6) is 0 Å². The third-order valence-electron chi connectivity index (χ3n) is 4.75. The Hall–Kier alpha value is -1.63. The molecule has 0 aliphatic heterocycles. The molecule has 1 aromatic rings. The second-order valence-corrected chi connectivity index (χ2v) is 6.84. The van der Waals surface area contributed by atoms with Gasteiger partial charge in [-0.25, -0.2) is 0 Å². The fourth-order valence-corrected chi connectivity index (χ4v) is 3.46. The van der Waals surface area contributed by atoms with Gasteiger partial charge in [-0.1, -0.05) is 70.0 Å². The summed E-state index contributed by atoms with van der Waals surface area (Å²) >= 11 is 0. The zero-order valence-electron chi connectivity index (χ0n) is 16.3. The first-order valence-corrected chi connectivity index (χ1v) is 9.46.